The maximum atomic E-state index is 2.56. The molecule has 0 amide bonds. The molecule has 1 aromatic rings. The minimum absolute atomic E-state index is 0. The van der Waals surface area contributed by atoms with E-state index in [9.17, 15) is 0 Å². The highest BCUT2D eigenvalue weighted by Gasteiger charge is 2.17. The molecule has 0 heterocycles. The number of aryl methyl sites for hydroxylation is 1. The summed E-state index contributed by atoms with van der Waals surface area (Å²) < 4.78 is 0. The molecular formula is C22H40ClP. The zero-order valence-electron chi connectivity index (χ0n) is 16.6. The third-order valence-corrected chi connectivity index (χ3v) is 5.62. The van der Waals surface area contributed by atoms with Gasteiger partial charge in [0.15, 0.2) is 0 Å². The number of benzene rings is 1. The molecule has 0 bridgehead atoms. The van der Waals surface area contributed by atoms with Gasteiger partial charge in [0.25, 0.3) is 0 Å². The first-order chi connectivity index (χ1) is 11.2. The zero-order chi connectivity index (χ0) is 17.1. The van der Waals surface area contributed by atoms with Crippen molar-refractivity contribution in [3.05, 3.63) is 28.3 Å². The zero-order valence-corrected chi connectivity index (χ0v) is 18.8. The molecule has 0 aliphatic rings. The van der Waals surface area contributed by atoms with Crippen molar-refractivity contribution in [2.24, 2.45) is 0 Å². The molecule has 0 aliphatic heterocycles. The Labute approximate surface area is 160 Å². The van der Waals surface area contributed by atoms with Gasteiger partial charge in [-0.3, -0.25) is 0 Å². The van der Waals surface area contributed by atoms with Crippen molar-refractivity contribution >= 4 is 14.5 Å². The topological polar surface area (TPSA) is 0 Å². The van der Waals surface area contributed by atoms with Crippen molar-refractivity contribution in [1.29, 1.82) is 0 Å². The standard InChI is InChI=1S/C22H39P.ClH/c1-5-9-13-18-17-22(23)21(16-12-8-4)20(15-11-7-3)19(18)14-10-6-2;/h17H,5-16,23H2,1-4H3;1H. The Morgan fingerprint density at radius 2 is 1.04 bits per heavy atom. The van der Waals surface area contributed by atoms with E-state index in [4.69, 9.17) is 0 Å². The van der Waals surface area contributed by atoms with Crippen LogP contribution in [0.1, 0.15) is 101 Å². The van der Waals surface area contributed by atoms with E-state index in [0.29, 0.717) is 0 Å². The lowest BCUT2D eigenvalue weighted by molar-refractivity contribution is -0.00000499. The monoisotopic (exact) mass is 370 g/mol. The molecule has 140 valence electrons. The Morgan fingerprint density at radius 1 is 0.625 bits per heavy atom. The highest BCUT2D eigenvalue weighted by atomic mass is 35.5. The molecule has 0 spiro atoms. The van der Waals surface area contributed by atoms with Crippen LogP contribution in [-0.2, 0) is 25.7 Å². The first-order valence-corrected chi connectivity index (χ1v) is 10.9. The fraction of sp³-hybridized carbons (Fsp3) is 0.727. The van der Waals surface area contributed by atoms with E-state index < -0.39 is 0 Å². The number of rotatable bonds is 12. The highest BCUT2D eigenvalue weighted by Crippen LogP contribution is 2.26. The first-order valence-electron chi connectivity index (χ1n) is 10.2. The van der Waals surface area contributed by atoms with Crippen LogP contribution in [-0.4, -0.2) is 0 Å². The smallest absolute Gasteiger partial charge is 0.0902 e. The molecule has 1 aromatic carbocycles. The van der Waals surface area contributed by atoms with Gasteiger partial charge in [-0.25, -0.2) is 0 Å². The minimum atomic E-state index is 0. The quantitative estimate of drug-likeness (QED) is 0.495. The second-order valence-electron chi connectivity index (χ2n) is 7.04. The Bertz CT molecular complexity index is 454. The van der Waals surface area contributed by atoms with Crippen molar-refractivity contribution in [3.63, 3.8) is 0 Å². The van der Waals surface area contributed by atoms with Gasteiger partial charge in [0, 0.05) is 9.24 Å². The maximum Gasteiger partial charge on any atom is 0.0902 e. The van der Waals surface area contributed by atoms with Gasteiger partial charge in [-0.15, -0.1) is 0 Å². The number of hydrogen-bond acceptors (Lipinski definition) is 0. The molecular weight excluding hydrogens is 331 g/mol. The molecule has 1 unspecified atom stereocenters. The summed E-state index contributed by atoms with van der Waals surface area (Å²) >= 11 is 0. The van der Waals surface area contributed by atoms with Gasteiger partial charge in [-0.1, -0.05) is 53.4 Å². The van der Waals surface area contributed by atoms with Crippen LogP contribution in [0, 0.1) is 0 Å². The summed E-state index contributed by atoms with van der Waals surface area (Å²) in [6, 6.07) is 2.56. The average Bonchev–Trinajstić information content (AvgIpc) is 2.56. The molecule has 0 saturated carbocycles. The summed E-state index contributed by atoms with van der Waals surface area (Å²) in [7, 11) is 2.13. The van der Waals surface area contributed by atoms with Crippen LogP contribution in [0.3, 0.4) is 0 Å². The van der Waals surface area contributed by atoms with E-state index >= 15 is 0 Å². The van der Waals surface area contributed by atoms with Crippen LogP contribution in [0.2, 0.25) is 0 Å². The summed E-state index contributed by atoms with van der Waals surface area (Å²) in [5.74, 6) is 0. The molecule has 0 aromatic heterocycles. The van der Waals surface area contributed by atoms with E-state index in [-0.39, 0.29) is 12.4 Å². The molecule has 0 fully saturated rings. The van der Waals surface area contributed by atoms with Gasteiger partial charge in [0.05, 0.1) is 5.30 Å². The third-order valence-electron chi connectivity index (χ3n) is 4.99. The van der Waals surface area contributed by atoms with Crippen molar-refractivity contribution < 1.29 is 12.4 Å². The molecule has 0 radical (unpaired) electrons. The molecule has 1 rings (SSSR count). The lowest BCUT2D eigenvalue weighted by Gasteiger charge is -2.20. The van der Waals surface area contributed by atoms with Crippen molar-refractivity contribution in [2.75, 3.05) is 0 Å². The van der Waals surface area contributed by atoms with Crippen LogP contribution in [0.25, 0.3) is 0 Å². The molecule has 2 heteroatoms. The SMILES string of the molecule is CCCCc1cc([PH3+])c(CCCC)c(CCCC)c1CCCC.[Cl-]. The largest absolute Gasteiger partial charge is 1.00 e. The fourth-order valence-electron chi connectivity index (χ4n) is 3.53. The van der Waals surface area contributed by atoms with Gasteiger partial charge in [-0.2, -0.15) is 0 Å². The van der Waals surface area contributed by atoms with E-state index in [1.807, 2.05) is 0 Å². The van der Waals surface area contributed by atoms with E-state index in [0.717, 1.165) is 0 Å². The first kappa shape index (κ1) is 23.9. The lowest BCUT2D eigenvalue weighted by Crippen LogP contribution is -3.00. The van der Waals surface area contributed by atoms with E-state index in [1.54, 1.807) is 27.6 Å². The predicted molar refractivity (Wildman–Crippen MR) is 112 cm³/mol. The molecule has 0 aliphatic carbocycles. The summed E-state index contributed by atoms with van der Waals surface area (Å²) in [5, 5.41) is 1.59. The molecule has 0 saturated heterocycles. The van der Waals surface area contributed by atoms with Crippen LogP contribution in [0.5, 0.6) is 0 Å². The second-order valence-corrected chi connectivity index (χ2v) is 7.81. The second kappa shape index (κ2) is 14.1. The Kier molecular flexibility index (Phi) is 14.1. The number of hydrogen-bond donors (Lipinski definition) is 0. The summed E-state index contributed by atoms with van der Waals surface area (Å²) in [6.07, 6.45) is 15.8. The van der Waals surface area contributed by atoms with Gasteiger partial charge >= 0.3 is 0 Å². The van der Waals surface area contributed by atoms with Gasteiger partial charge in [-0.05, 0) is 79.7 Å². The fourth-order valence-corrected chi connectivity index (χ4v) is 4.17. The van der Waals surface area contributed by atoms with Crippen LogP contribution < -0.4 is 17.7 Å². The van der Waals surface area contributed by atoms with Crippen molar-refractivity contribution in [1.82, 2.24) is 0 Å². The average molecular weight is 371 g/mol. The Hall–Kier alpha value is -0.0600. The lowest BCUT2D eigenvalue weighted by atomic mass is 9.86. The normalized spacial score (nSPS) is 10.8. The number of halogens is 1. The van der Waals surface area contributed by atoms with E-state index in [1.165, 1.54) is 77.0 Å². The van der Waals surface area contributed by atoms with Crippen LogP contribution in [0.4, 0.5) is 0 Å². The Morgan fingerprint density at radius 3 is 1.54 bits per heavy atom. The van der Waals surface area contributed by atoms with Gasteiger partial charge < -0.3 is 12.4 Å². The Balaban J connectivity index is 0.00000529. The summed E-state index contributed by atoms with van der Waals surface area (Å²) in [4.78, 5) is 0. The van der Waals surface area contributed by atoms with Gasteiger partial charge in [0.2, 0.25) is 0 Å². The molecule has 0 nitrogen and oxygen atoms in total. The predicted octanol–water partition coefficient (Wildman–Crippen LogP) is 3.29. The summed E-state index contributed by atoms with van der Waals surface area (Å²) in [6.45, 7) is 9.28. The van der Waals surface area contributed by atoms with Crippen LogP contribution >= 0.6 is 9.24 Å². The van der Waals surface area contributed by atoms with E-state index in [2.05, 4.69) is 43.0 Å². The maximum absolute atomic E-state index is 2.56. The summed E-state index contributed by atoms with van der Waals surface area (Å²) in [5.41, 5.74) is 6.89. The highest BCUT2D eigenvalue weighted by molar-refractivity contribution is 7.27. The number of unbranched alkanes of at least 4 members (excludes halogenated alkanes) is 4. The van der Waals surface area contributed by atoms with Gasteiger partial charge in [0.1, 0.15) is 0 Å². The molecule has 0 N–H and O–H groups in total. The molecule has 24 heavy (non-hydrogen) atoms. The van der Waals surface area contributed by atoms with Crippen molar-refractivity contribution in [2.45, 2.75) is 105 Å². The third kappa shape index (κ3) is 7.45. The van der Waals surface area contributed by atoms with Crippen LogP contribution in [0.15, 0.2) is 6.07 Å². The van der Waals surface area contributed by atoms with Crippen molar-refractivity contribution in [3.8, 4) is 0 Å². The minimum Gasteiger partial charge on any atom is -1.00 e. The molecule has 1 atom stereocenters.